The normalized spacial score (nSPS) is 18.3. The number of benzene rings is 2. The Hall–Kier alpha value is -3.79. The van der Waals surface area contributed by atoms with Gasteiger partial charge in [-0.2, -0.15) is 10.1 Å². The van der Waals surface area contributed by atoms with Gasteiger partial charge in [0.05, 0.1) is 18.2 Å². The molecule has 1 atom stereocenters. The Morgan fingerprint density at radius 1 is 1.20 bits per heavy atom. The van der Waals surface area contributed by atoms with E-state index in [4.69, 9.17) is 4.74 Å². The van der Waals surface area contributed by atoms with E-state index in [9.17, 15) is 9.18 Å². The number of hydrogen-bond donors (Lipinski definition) is 1. The van der Waals surface area contributed by atoms with Crippen molar-refractivity contribution in [3.05, 3.63) is 48.0 Å². The van der Waals surface area contributed by atoms with E-state index in [0.717, 1.165) is 30.7 Å². The Morgan fingerprint density at radius 3 is 2.94 bits per heavy atom. The van der Waals surface area contributed by atoms with Crippen LogP contribution in [-0.4, -0.2) is 69.9 Å². The fourth-order valence-electron chi connectivity index (χ4n) is 5.34. The molecule has 0 bridgehead atoms. The molecule has 180 valence electrons. The summed E-state index contributed by atoms with van der Waals surface area (Å²) in [5, 5.41) is 8.34. The second kappa shape index (κ2) is 8.46. The molecule has 9 nitrogen and oxygen atoms in total. The Bertz CT molecular complexity index is 1450. The van der Waals surface area contributed by atoms with Crippen molar-refractivity contribution in [2.45, 2.75) is 18.9 Å². The van der Waals surface area contributed by atoms with Gasteiger partial charge in [-0.3, -0.25) is 14.4 Å². The van der Waals surface area contributed by atoms with Gasteiger partial charge in [-0.25, -0.2) is 9.37 Å². The highest BCUT2D eigenvalue weighted by atomic mass is 19.1. The molecule has 2 aromatic carbocycles. The maximum Gasteiger partial charge on any atom is 0.316 e. The first-order valence-electron chi connectivity index (χ1n) is 11.8. The summed E-state index contributed by atoms with van der Waals surface area (Å²) in [4.78, 5) is 27.1. The minimum atomic E-state index is -0.492. The van der Waals surface area contributed by atoms with E-state index in [1.807, 2.05) is 6.07 Å². The second-order valence-electron chi connectivity index (χ2n) is 9.18. The first kappa shape index (κ1) is 21.7. The van der Waals surface area contributed by atoms with Crippen LogP contribution in [0.3, 0.4) is 0 Å². The molecule has 0 aliphatic carbocycles. The number of amides is 1. The Labute approximate surface area is 201 Å². The molecule has 35 heavy (non-hydrogen) atoms. The topological polar surface area (TPSA) is 88.4 Å². The molecule has 2 fully saturated rings. The van der Waals surface area contributed by atoms with Crippen LogP contribution in [0.2, 0.25) is 0 Å². The molecule has 6 rings (SSSR count). The van der Waals surface area contributed by atoms with Crippen LogP contribution in [0.15, 0.2) is 36.7 Å². The van der Waals surface area contributed by atoms with Gasteiger partial charge in [0.15, 0.2) is 5.82 Å². The predicted molar refractivity (Wildman–Crippen MR) is 132 cm³/mol. The standard InChI is InChI=1S/C25H26FN7O2/c1-31-13-15-10-16(11-20(26)22(15)30-31)28-24(34)18-5-6-21(19-12-27-25(35-2)29-23(18)19)33-9-8-32-7-3-4-17(32)14-33/h5-6,10-13,17H,3-4,7-9,14H2,1-2H3,(H,28,34)/t17-/m0/s1. The molecule has 0 spiro atoms. The van der Waals surface area contributed by atoms with E-state index in [1.165, 1.54) is 32.6 Å². The van der Waals surface area contributed by atoms with Crippen LogP contribution in [0.1, 0.15) is 23.2 Å². The van der Waals surface area contributed by atoms with Crippen molar-refractivity contribution in [2.75, 3.05) is 43.5 Å². The average Bonchev–Trinajstić information content (AvgIpc) is 3.48. The highest BCUT2D eigenvalue weighted by molar-refractivity contribution is 6.14. The minimum absolute atomic E-state index is 0.187. The fraction of sp³-hybridized carbons (Fsp3) is 0.360. The van der Waals surface area contributed by atoms with Crippen LogP contribution < -0.4 is 15.0 Å². The summed E-state index contributed by atoms with van der Waals surface area (Å²) in [6.45, 7) is 4.04. The van der Waals surface area contributed by atoms with Crippen molar-refractivity contribution in [1.29, 1.82) is 0 Å². The molecule has 1 amide bonds. The molecule has 4 heterocycles. The zero-order valence-corrected chi connectivity index (χ0v) is 19.7. The van der Waals surface area contributed by atoms with E-state index < -0.39 is 5.82 Å². The number of carbonyl (C=O) groups is 1. The zero-order chi connectivity index (χ0) is 24.1. The van der Waals surface area contributed by atoms with E-state index in [1.54, 1.807) is 36.3 Å². The quantitative estimate of drug-likeness (QED) is 0.485. The van der Waals surface area contributed by atoms with Crippen LogP contribution in [0.5, 0.6) is 6.01 Å². The van der Waals surface area contributed by atoms with Crippen molar-refractivity contribution in [3.63, 3.8) is 0 Å². The van der Waals surface area contributed by atoms with Crippen molar-refractivity contribution in [1.82, 2.24) is 24.6 Å². The summed E-state index contributed by atoms with van der Waals surface area (Å²) in [7, 11) is 3.22. The number of rotatable bonds is 4. The number of aryl methyl sites for hydroxylation is 1. The monoisotopic (exact) mass is 475 g/mol. The smallest absolute Gasteiger partial charge is 0.316 e. The fourth-order valence-corrected chi connectivity index (χ4v) is 5.34. The minimum Gasteiger partial charge on any atom is -0.467 e. The third-order valence-electron chi connectivity index (χ3n) is 7.00. The molecule has 1 N–H and O–H groups in total. The van der Waals surface area contributed by atoms with Crippen LogP contribution in [-0.2, 0) is 7.05 Å². The Kier molecular flexibility index (Phi) is 5.25. The maximum absolute atomic E-state index is 14.5. The number of ether oxygens (including phenoxy) is 1. The van der Waals surface area contributed by atoms with Gasteiger partial charge in [0.25, 0.3) is 5.91 Å². The number of nitrogens with zero attached hydrogens (tertiary/aromatic N) is 6. The lowest BCUT2D eigenvalue weighted by molar-refractivity contribution is 0.102. The molecular formula is C25H26FN7O2. The lowest BCUT2D eigenvalue weighted by Gasteiger charge is -2.39. The van der Waals surface area contributed by atoms with Crippen molar-refractivity contribution in [2.24, 2.45) is 7.05 Å². The summed E-state index contributed by atoms with van der Waals surface area (Å²) < 4.78 is 21.3. The van der Waals surface area contributed by atoms with Crippen molar-refractivity contribution < 1.29 is 13.9 Å². The molecule has 2 aliphatic rings. The molecule has 10 heteroatoms. The molecule has 0 saturated carbocycles. The lowest BCUT2D eigenvalue weighted by Crippen LogP contribution is -2.50. The first-order valence-corrected chi connectivity index (χ1v) is 11.8. The lowest BCUT2D eigenvalue weighted by atomic mass is 10.1. The number of halogens is 1. The van der Waals surface area contributed by atoms with Crippen LogP contribution in [0.25, 0.3) is 21.8 Å². The Morgan fingerprint density at radius 2 is 2.09 bits per heavy atom. The number of aromatic nitrogens is 4. The van der Waals surface area contributed by atoms with Gasteiger partial charge in [-0.1, -0.05) is 0 Å². The molecule has 2 aliphatic heterocycles. The molecular weight excluding hydrogens is 449 g/mol. The number of nitrogens with one attached hydrogen (secondary N) is 1. The number of fused-ring (bicyclic) bond motifs is 3. The van der Waals surface area contributed by atoms with Gasteiger partial charge >= 0.3 is 6.01 Å². The summed E-state index contributed by atoms with van der Waals surface area (Å²) in [5.74, 6) is -0.876. The van der Waals surface area contributed by atoms with Gasteiger partial charge in [0.1, 0.15) is 5.52 Å². The van der Waals surface area contributed by atoms with Gasteiger partial charge in [-0.15, -0.1) is 0 Å². The third kappa shape index (κ3) is 3.83. The summed E-state index contributed by atoms with van der Waals surface area (Å²) in [6.07, 6.45) is 5.87. The molecule has 2 saturated heterocycles. The maximum atomic E-state index is 14.5. The van der Waals surface area contributed by atoms with Crippen molar-refractivity contribution >= 4 is 39.1 Å². The summed E-state index contributed by atoms with van der Waals surface area (Å²) in [5.41, 5.74) is 2.50. The van der Waals surface area contributed by atoms with E-state index in [0.29, 0.717) is 28.2 Å². The van der Waals surface area contributed by atoms with Crippen molar-refractivity contribution in [3.8, 4) is 6.01 Å². The van der Waals surface area contributed by atoms with Crippen LogP contribution in [0, 0.1) is 5.82 Å². The van der Waals surface area contributed by atoms with E-state index in [-0.39, 0.29) is 17.4 Å². The average molecular weight is 476 g/mol. The number of hydrogen-bond acceptors (Lipinski definition) is 7. The van der Waals surface area contributed by atoms with Crippen LogP contribution in [0.4, 0.5) is 15.8 Å². The van der Waals surface area contributed by atoms with Gasteiger partial charge in [-0.05, 0) is 43.7 Å². The van der Waals surface area contributed by atoms with Gasteiger partial charge in [0, 0.05) is 67.3 Å². The molecule has 4 aromatic rings. The second-order valence-corrected chi connectivity index (χ2v) is 9.18. The zero-order valence-electron chi connectivity index (χ0n) is 19.7. The number of anilines is 2. The number of methoxy groups -OCH3 is 1. The van der Waals surface area contributed by atoms with Gasteiger partial charge in [0.2, 0.25) is 0 Å². The third-order valence-corrected chi connectivity index (χ3v) is 7.00. The predicted octanol–water partition coefficient (Wildman–Crippen LogP) is 3.20. The van der Waals surface area contributed by atoms with E-state index >= 15 is 0 Å². The highest BCUT2D eigenvalue weighted by Crippen LogP contribution is 2.33. The van der Waals surface area contributed by atoms with E-state index in [2.05, 4.69) is 30.2 Å². The summed E-state index contributed by atoms with van der Waals surface area (Å²) >= 11 is 0. The number of carbonyl (C=O) groups excluding carboxylic acids is 1. The van der Waals surface area contributed by atoms with Crippen LogP contribution >= 0.6 is 0 Å². The Balaban J connectivity index is 1.36. The largest absolute Gasteiger partial charge is 0.467 e. The SMILES string of the molecule is COc1ncc2c(N3CCN4CCC[C@H]4C3)ccc(C(=O)Nc3cc(F)c4nn(C)cc4c3)c2n1. The summed E-state index contributed by atoms with van der Waals surface area (Å²) in [6, 6.07) is 7.46. The molecule has 0 radical (unpaired) electrons. The first-order chi connectivity index (χ1) is 17.0. The molecule has 2 aromatic heterocycles. The molecule has 0 unspecified atom stereocenters. The van der Waals surface area contributed by atoms with Gasteiger partial charge < -0.3 is 15.0 Å². The highest BCUT2D eigenvalue weighted by Gasteiger charge is 2.31. The number of piperazine rings is 1.